The van der Waals surface area contributed by atoms with E-state index >= 15 is 0 Å². The molecular formula is C13H21FN2O3. The molecule has 108 valence electrons. The Bertz CT molecular complexity index is 384. The molecule has 0 amide bonds. The third kappa shape index (κ3) is 4.14. The molecule has 1 unspecified atom stereocenters. The van der Waals surface area contributed by atoms with Crippen molar-refractivity contribution in [3.8, 4) is 5.75 Å². The second-order valence-corrected chi connectivity index (χ2v) is 3.81. The van der Waals surface area contributed by atoms with Crippen LogP contribution in [0.25, 0.3) is 0 Å². The number of hydrogen-bond acceptors (Lipinski definition) is 5. The lowest BCUT2D eigenvalue weighted by Gasteiger charge is -2.27. The fourth-order valence-corrected chi connectivity index (χ4v) is 1.83. The highest BCUT2D eigenvalue weighted by Crippen LogP contribution is 2.29. The van der Waals surface area contributed by atoms with Crippen LogP contribution in [0.5, 0.6) is 5.75 Å². The molecule has 0 heterocycles. The minimum Gasteiger partial charge on any atom is -0.496 e. The van der Waals surface area contributed by atoms with Gasteiger partial charge in [0.1, 0.15) is 17.6 Å². The van der Waals surface area contributed by atoms with Crippen LogP contribution in [0.3, 0.4) is 0 Å². The molecule has 6 heteroatoms. The maximum atomic E-state index is 13.4. The molecule has 0 aliphatic carbocycles. The number of hydrazine groups is 1. The van der Waals surface area contributed by atoms with E-state index in [-0.39, 0.29) is 5.82 Å². The standard InChI is InChI=1S/C13H21FN2O3/c1-4-18-13(19-5-2)12(16-15)10-8-9(14)6-7-11(10)17-3/h6-8,12-13,16H,4-5,15H2,1-3H3. The summed E-state index contributed by atoms with van der Waals surface area (Å²) in [7, 11) is 1.51. The van der Waals surface area contributed by atoms with Gasteiger partial charge >= 0.3 is 0 Å². The smallest absolute Gasteiger partial charge is 0.178 e. The number of nitrogens with one attached hydrogen (secondary N) is 1. The Hall–Kier alpha value is -1.21. The molecule has 1 rings (SSSR count). The molecule has 3 N–H and O–H groups in total. The van der Waals surface area contributed by atoms with Gasteiger partial charge in [0.15, 0.2) is 6.29 Å². The molecule has 19 heavy (non-hydrogen) atoms. The van der Waals surface area contributed by atoms with Gasteiger partial charge in [-0.15, -0.1) is 0 Å². The molecule has 0 saturated carbocycles. The molecule has 1 atom stereocenters. The molecule has 0 aromatic heterocycles. The van der Waals surface area contributed by atoms with Crippen LogP contribution in [0.4, 0.5) is 4.39 Å². The van der Waals surface area contributed by atoms with E-state index in [2.05, 4.69) is 5.43 Å². The second-order valence-electron chi connectivity index (χ2n) is 3.81. The minimum absolute atomic E-state index is 0.372. The van der Waals surface area contributed by atoms with Gasteiger partial charge < -0.3 is 14.2 Å². The van der Waals surface area contributed by atoms with Crippen molar-refractivity contribution in [2.45, 2.75) is 26.2 Å². The molecule has 1 aromatic carbocycles. The lowest BCUT2D eigenvalue weighted by molar-refractivity contribution is -0.155. The normalized spacial score (nSPS) is 12.7. The number of nitrogens with two attached hydrogens (primary N) is 1. The van der Waals surface area contributed by atoms with Crippen LogP contribution in [-0.4, -0.2) is 26.6 Å². The SMILES string of the molecule is CCOC(OCC)C(NN)c1cc(F)ccc1OC. The number of ether oxygens (including phenoxy) is 3. The monoisotopic (exact) mass is 272 g/mol. The molecule has 5 nitrogen and oxygen atoms in total. The highest BCUT2D eigenvalue weighted by Gasteiger charge is 2.26. The van der Waals surface area contributed by atoms with Gasteiger partial charge in [-0.25, -0.2) is 9.82 Å². The van der Waals surface area contributed by atoms with Crippen molar-refractivity contribution in [1.29, 1.82) is 0 Å². The van der Waals surface area contributed by atoms with Gasteiger partial charge in [-0.05, 0) is 32.0 Å². The fourth-order valence-electron chi connectivity index (χ4n) is 1.83. The van der Waals surface area contributed by atoms with Crippen LogP contribution in [-0.2, 0) is 9.47 Å². The molecular weight excluding hydrogens is 251 g/mol. The third-order valence-electron chi connectivity index (χ3n) is 2.64. The Labute approximate surface area is 112 Å². The Morgan fingerprint density at radius 1 is 1.26 bits per heavy atom. The van der Waals surface area contributed by atoms with Gasteiger partial charge in [0.05, 0.1) is 7.11 Å². The van der Waals surface area contributed by atoms with Gasteiger partial charge in [-0.1, -0.05) is 0 Å². The van der Waals surface area contributed by atoms with Crippen molar-refractivity contribution in [2.75, 3.05) is 20.3 Å². The zero-order chi connectivity index (χ0) is 14.3. The van der Waals surface area contributed by atoms with E-state index in [1.54, 1.807) is 6.07 Å². The summed E-state index contributed by atoms with van der Waals surface area (Å²) in [5.41, 5.74) is 3.15. The van der Waals surface area contributed by atoms with Crippen LogP contribution < -0.4 is 16.0 Å². The zero-order valence-corrected chi connectivity index (χ0v) is 11.5. The maximum absolute atomic E-state index is 13.4. The molecule has 0 radical (unpaired) electrons. The number of methoxy groups -OCH3 is 1. The average Bonchev–Trinajstić information content (AvgIpc) is 2.40. The van der Waals surface area contributed by atoms with Gasteiger partial charge in [0.25, 0.3) is 0 Å². The molecule has 0 aliphatic heterocycles. The Kier molecular flexibility index (Phi) is 6.72. The molecule has 0 aliphatic rings. The first-order chi connectivity index (χ1) is 9.17. The van der Waals surface area contributed by atoms with Gasteiger partial charge in [0.2, 0.25) is 0 Å². The van der Waals surface area contributed by atoms with Crippen molar-refractivity contribution < 1.29 is 18.6 Å². The predicted octanol–water partition coefficient (Wildman–Crippen LogP) is 1.74. The third-order valence-corrected chi connectivity index (χ3v) is 2.64. The van der Waals surface area contributed by atoms with E-state index in [1.165, 1.54) is 19.2 Å². The Balaban J connectivity index is 3.08. The van der Waals surface area contributed by atoms with Gasteiger partial charge in [0, 0.05) is 18.8 Å². The fraction of sp³-hybridized carbons (Fsp3) is 0.538. The van der Waals surface area contributed by atoms with E-state index in [4.69, 9.17) is 20.1 Å². The quantitative estimate of drug-likeness (QED) is 0.429. The molecule has 0 spiro atoms. The summed E-state index contributed by atoms with van der Waals surface area (Å²) in [5.74, 6) is 5.70. The summed E-state index contributed by atoms with van der Waals surface area (Å²) in [6.07, 6.45) is -0.615. The number of hydrogen-bond donors (Lipinski definition) is 2. The topological polar surface area (TPSA) is 65.7 Å². The Morgan fingerprint density at radius 3 is 2.37 bits per heavy atom. The Morgan fingerprint density at radius 2 is 1.89 bits per heavy atom. The number of rotatable bonds is 8. The van der Waals surface area contributed by atoms with E-state index in [0.29, 0.717) is 24.5 Å². The highest BCUT2D eigenvalue weighted by atomic mass is 19.1. The van der Waals surface area contributed by atoms with E-state index in [1.807, 2.05) is 13.8 Å². The molecule has 0 fully saturated rings. The van der Waals surface area contributed by atoms with Crippen molar-refractivity contribution in [3.63, 3.8) is 0 Å². The summed E-state index contributed by atoms with van der Waals surface area (Å²) in [4.78, 5) is 0. The number of halogens is 1. The van der Waals surface area contributed by atoms with Crippen LogP contribution in [0.15, 0.2) is 18.2 Å². The van der Waals surface area contributed by atoms with E-state index < -0.39 is 12.3 Å². The minimum atomic E-state index is -0.615. The second kappa shape index (κ2) is 8.06. The largest absolute Gasteiger partial charge is 0.496 e. The van der Waals surface area contributed by atoms with Crippen LogP contribution in [0, 0.1) is 5.82 Å². The first-order valence-electron chi connectivity index (χ1n) is 6.20. The first-order valence-corrected chi connectivity index (χ1v) is 6.20. The van der Waals surface area contributed by atoms with E-state index in [0.717, 1.165) is 0 Å². The summed E-state index contributed by atoms with van der Waals surface area (Å²) in [5, 5.41) is 0. The summed E-state index contributed by atoms with van der Waals surface area (Å²) in [6.45, 7) is 4.62. The van der Waals surface area contributed by atoms with Crippen LogP contribution >= 0.6 is 0 Å². The lowest BCUT2D eigenvalue weighted by Crippen LogP contribution is -2.40. The zero-order valence-electron chi connectivity index (χ0n) is 11.5. The predicted molar refractivity (Wildman–Crippen MR) is 70.1 cm³/mol. The summed E-state index contributed by atoms with van der Waals surface area (Å²) >= 11 is 0. The van der Waals surface area contributed by atoms with Crippen LogP contribution in [0.2, 0.25) is 0 Å². The van der Waals surface area contributed by atoms with Gasteiger partial charge in [-0.3, -0.25) is 5.84 Å². The van der Waals surface area contributed by atoms with Crippen molar-refractivity contribution >= 4 is 0 Å². The van der Waals surface area contributed by atoms with Crippen molar-refractivity contribution in [2.24, 2.45) is 5.84 Å². The highest BCUT2D eigenvalue weighted by molar-refractivity contribution is 5.36. The first kappa shape index (κ1) is 15.8. The summed E-state index contributed by atoms with van der Waals surface area (Å²) in [6, 6.07) is 3.70. The van der Waals surface area contributed by atoms with Gasteiger partial charge in [-0.2, -0.15) is 0 Å². The molecule has 0 saturated heterocycles. The van der Waals surface area contributed by atoms with Crippen LogP contribution in [0.1, 0.15) is 25.5 Å². The van der Waals surface area contributed by atoms with Crippen molar-refractivity contribution in [3.05, 3.63) is 29.6 Å². The number of benzene rings is 1. The molecule has 0 bridgehead atoms. The molecule has 1 aromatic rings. The lowest BCUT2D eigenvalue weighted by atomic mass is 10.1. The average molecular weight is 272 g/mol. The van der Waals surface area contributed by atoms with E-state index in [9.17, 15) is 4.39 Å². The maximum Gasteiger partial charge on any atom is 0.178 e. The van der Waals surface area contributed by atoms with Crippen molar-refractivity contribution in [1.82, 2.24) is 5.43 Å². The summed E-state index contributed by atoms with van der Waals surface area (Å²) < 4.78 is 29.6.